The van der Waals surface area contributed by atoms with Crippen molar-refractivity contribution in [2.24, 2.45) is 5.92 Å². The van der Waals surface area contributed by atoms with Gasteiger partial charge in [-0.15, -0.1) is 0 Å². The van der Waals surface area contributed by atoms with Crippen LogP contribution in [-0.4, -0.2) is 19.0 Å². The molecule has 0 bridgehead atoms. The van der Waals surface area contributed by atoms with Gasteiger partial charge in [-0.05, 0) is 24.1 Å². The molecule has 0 fully saturated rings. The van der Waals surface area contributed by atoms with Gasteiger partial charge < -0.3 is 15.8 Å². The van der Waals surface area contributed by atoms with Crippen LogP contribution in [0, 0.1) is 5.92 Å². The van der Waals surface area contributed by atoms with Crippen LogP contribution in [0.2, 0.25) is 0 Å². The number of amides is 1. The molecule has 0 atom stereocenters. The highest BCUT2D eigenvalue weighted by Crippen LogP contribution is 2.21. The quantitative estimate of drug-likeness (QED) is 0.633. The Morgan fingerprint density at radius 2 is 2.06 bits per heavy atom. The summed E-state index contributed by atoms with van der Waals surface area (Å²) in [7, 11) is 1.30. The van der Waals surface area contributed by atoms with E-state index >= 15 is 0 Å². The van der Waals surface area contributed by atoms with E-state index < -0.39 is 5.97 Å². The van der Waals surface area contributed by atoms with Crippen molar-refractivity contribution in [2.45, 2.75) is 20.3 Å². The zero-order valence-corrected chi connectivity index (χ0v) is 10.8. The van der Waals surface area contributed by atoms with Gasteiger partial charge in [0.1, 0.15) is 0 Å². The first-order valence-corrected chi connectivity index (χ1v) is 5.71. The summed E-state index contributed by atoms with van der Waals surface area (Å²) < 4.78 is 4.58. The molecule has 1 amide bonds. The number of carbonyl (C=O) groups excluding carboxylic acids is 2. The van der Waals surface area contributed by atoms with Crippen molar-refractivity contribution >= 4 is 23.3 Å². The lowest BCUT2D eigenvalue weighted by molar-refractivity contribution is -0.116. The molecule has 0 aliphatic heterocycles. The second-order valence-electron chi connectivity index (χ2n) is 4.44. The Hall–Kier alpha value is -2.04. The minimum atomic E-state index is -0.457. The third-order valence-corrected chi connectivity index (χ3v) is 2.34. The Kier molecular flexibility index (Phi) is 4.71. The molecule has 0 spiro atoms. The Bertz CT molecular complexity index is 456. The summed E-state index contributed by atoms with van der Waals surface area (Å²) in [6, 6.07) is 4.64. The van der Waals surface area contributed by atoms with Gasteiger partial charge in [-0.1, -0.05) is 13.8 Å². The molecule has 98 valence electrons. The van der Waals surface area contributed by atoms with E-state index in [1.807, 2.05) is 13.8 Å². The van der Waals surface area contributed by atoms with Crippen molar-refractivity contribution in [1.82, 2.24) is 0 Å². The van der Waals surface area contributed by atoms with Crippen LogP contribution in [0.25, 0.3) is 0 Å². The highest BCUT2D eigenvalue weighted by Gasteiger charge is 2.10. The normalized spacial score (nSPS) is 10.2. The largest absolute Gasteiger partial charge is 0.465 e. The predicted molar refractivity (Wildman–Crippen MR) is 70.3 cm³/mol. The lowest BCUT2D eigenvalue weighted by Gasteiger charge is -2.10. The number of nitrogens with one attached hydrogen (secondary N) is 1. The van der Waals surface area contributed by atoms with Gasteiger partial charge in [0.15, 0.2) is 0 Å². The van der Waals surface area contributed by atoms with Crippen LogP contribution in [-0.2, 0) is 9.53 Å². The van der Waals surface area contributed by atoms with Crippen molar-refractivity contribution in [3.05, 3.63) is 23.8 Å². The summed E-state index contributed by atoms with van der Waals surface area (Å²) in [5, 5.41) is 2.71. The van der Waals surface area contributed by atoms with Gasteiger partial charge in [0.25, 0.3) is 0 Å². The van der Waals surface area contributed by atoms with Crippen LogP contribution >= 0.6 is 0 Å². The van der Waals surface area contributed by atoms with Crippen molar-refractivity contribution in [1.29, 1.82) is 0 Å². The Morgan fingerprint density at radius 1 is 1.39 bits per heavy atom. The molecule has 0 aromatic heterocycles. The highest BCUT2D eigenvalue weighted by molar-refractivity contribution is 5.96. The summed E-state index contributed by atoms with van der Waals surface area (Å²) in [4.78, 5) is 22.9. The van der Waals surface area contributed by atoms with E-state index in [-0.39, 0.29) is 11.8 Å². The van der Waals surface area contributed by atoms with E-state index in [2.05, 4.69) is 10.1 Å². The second kappa shape index (κ2) is 6.05. The molecule has 5 nitrogen and oxygen atoms in total. The molecule has 0 aliphatic carbocycles. The maximum atomic E-state index is 11.6. The van der Waals surface area contributed by atoms with Crippen molar-refractivity contribution in [2.75, 3.05) is 18.2 Å². The van der Waals surface area contributed by atoms with Gasteiger partial charge >= 0.3 is 5.97 Å². The number of ether oxygens (including phenoxy) is 1. The topological polar surface area (TPSA) is 81.4 Å². The summed E-state index contributed by atoms with van der Waals surface area (Å²) >= 11 is 0. The minimum absolute atomic E-state index is 0.0949. The van der Waals surface area contributed by atoms with E-state index in [1.54, 1.807) is 12.1 Å². The van der Waals surface area contributed by atoms with Crippen LogP contribution in [0.15, 0.2) is 18.2 Å². The van der Waals surface area contributed by atoms with E-state index in [9.17, 15) is 9.59 Å². The fourth-order valence-corrected chi connectivity index (χ4v) is 1.49. The molecule has 1 aromatic carbocycles. The zero-order valence-electron chi connectivity index (χ0n) is 10.8. The summed E-state index contributed by atoms with van der Waals surface area (Å²) in [5.74, 6) is -0.273. The van der Waals surface area contributed by atoms with Gasteiger partial charge in [0.05, 0.1) is 24.0 Å². The van der Waals surface area contributed by atoms with Crippen LogP contribution < -0.4 is 11.1 Å². The standard InChI is InChI=1S/C13H18N2O3/c1-8(2)6-12(16)15-11-5-4-9(7-10(11)14)13(17)18-3/h4-5,7-8H,6,14H2,1-3H3,(H,15,16). The summed E-state index contributed by atoms with van der Waals surface area (Å²) in [6.07, 6.45) is 0.429. The number of nitrogen functional groups attached to an aromatic ring is 1. The average Bonchev–Trinajstić information content (AvgIpc) is 2.29. The molecule has 0 heterocycles. The van der Waals surface area contributed by atoms with Crippen LogP contribution in [0.4, 0.5) is 11.4 Å². The van der Waals surface area contributed by atoms with Crippen LogP contribution in [0.5, 0.6) is 0 Å². The number of benzene rings is 1. The molecular weight excluding hydrogens is 232 g/mol. The van der Waals surface area contributed by atoms with Gasteiger partial charge in [-0.3, -0.25) is 4.79 Å². The number of carbonyl (C=O) groups is 2. The smallest absolute Gasteiger partial charge is 0.337 e. The van der Waals surface area contributed by atoms with Gasteiger partial charge in [-0.25, -0.2) is 4.79 Å². The molecule has 1 aromatic rings. The zero-order chi connectivity index (χ0) is 13.7. The van der Waals surface area contributed by atoms with Crippen molar-refractivity contribution in [3.8, 4) is 0 Å². The maximum Gasteiger partial charge on any atom is 0.337 e. The Labute approximate surface area is 106 Å². The van der Waals surface area contributed by atoms with E-state index in [0.29, 0.717) is 23.4 Å². The van der Waals surface area contributed by atoms with Crippen LogP contribution in [0.3, 0.4) is 0 Å². The number of anilines is 2. The molecule has 3 N–H and O–H groups in total. The molecule has 0 unspecified atom stereocenters. The molecule has 0 saturated heterocycles. The molecule has 18 heavy (non-hydrogen) atoms. The third-order valence-electron chi connectivity index (χ3n) is 2.34. The number of hydrogen-bond acceptors (Lipinski definition) is 4. The number of hydrogen-bond donors (Lipinski definition) is 2. The maximum absolute atomic E-state index is 11.6. The summed E-state index contributed by atoms with van der Waals surface area (Å²) in [5.41, 5.74) is 6.98. The number of rotatable bonds is 4. The number of methoxy groups -OCH3 is 1. The highest BCUT2D eigenvalue weighted by atomic mass is 16.5. The minimum Gasteiger partial charge on any atom is -0.465 e. The van der Waals surface area contributed by atoms with Crippen molar-refractivity contribution < 1.29 is 14.3 Å². The van der Waals surface area contributed by atoms with Gasteiger partial charge in [0.2, 0.25) is 5.91 Å². The number of nitrogens with two attached hydrogens (primary N) is 1. The first-order valence-electron chi connectivity index (χ1n) is 5.71. The predicted octanol–water partition coefficient (Wildman–Crippen LogP) is 2.04. The lowest BCUT2D eigenvalue weighted by atomic mass is 10.1. The SMILES string of the molecule is COC(=O)c1ccc(NC(=O)CC(C)C)c(N)c1. The monoisotopic (exact) mass is 250 g/mol. The first kappa shape index (κ1) is 14.0. The first-order chi connectivity index (χ1) is 8.43. The van der Waals surface area contributed by atoms with E-state index in [0.717, 1.165) is 0 Å². The molecular formula is C13H18N2O3. The molecule has 5 heteroatoms. The third kappa shape index (κ3) is 3.76. The lowest BCUT2D eigenvalue weighted by Crippen LogP contribution is -2.15. The molecule has 0 saturated carbocycles. The molecule has 1 rings (SSSR count). The van der Waals surface area contributed by atoms with E-state index in [1.165, 1.54) is 13.2 Å². The second-order valence-corrected chi connectivity index (χ2v) is 4.44. The van der Waals surface area contributed by atoms with Crippen LogP contribution in [0.1, 0.15) is 30.6 Å². The Morgan fingerprint density at radius 3 is 2.56 bits per heavy atom. The molecule has 0 radical (unpaired) electrons. The van der Waals surface area contributed by atoms with E-state index in [4.69, 9.17) is 5.73 Å². The van der Waals surface area contributed by atoms with Gasteiger partial charge in [0, 0.05) is 6.42 Å². The Balaban J connectivity index is 2.80. The average molecular weight is 250 g/mol. The van der Waals surface area contributed by atoms with Gasteiger partial charge in [-0.2, -0.15) is 0 Å². The number of esters is 1. The molecule has 0 aliphatic rings. The fraction of sp³-hybridized carbons (Fsp3) is 0.385. The summed E-state index contributed by atoms with van der Waals surface area (Å²) in [6.45, 7) is 3.92. The fourth-order valence-electron chi connectivity index (χ4n) is 1.49. The van der Waals surface area contributed by atoms with Crippen molar-refractivity contribution in [3.63, 3.8) is 0 Å².